The van der Waals surface area contributed by atoms with Crippen LogP contribution in [0.25, 0.3) is 16.7 Å². The van der Waals surface area contributed by atoms with Gasteiger partial charge in [0, 0.05) is 29.6 Å². The predicted molar refractivity (Wildman–Crippen MR) is 85.0 cm³/mol. The van der Waals surface area contributed by atoms with Gasteiger partial charge in [-0.25, -0.2) is 0 Å². The SMILES string of the molecule is COc1ccc2c(c1)C(C#N)=C(C)N(C)c1ccccc1-2. The highest BCUT2D eigenvalue weighted by Gasteiger charge is 2.22. The molecule has 0 saturated heterocycles. The summed E-state index contributed by atoms with van der Waals surface area (Å²) < 4.78 is 5.32. The first-order valence-corrected chi connectivity index (χ1v) is 6.80. The Hall–Kier alpha value is -2.73. The molecule has 21 heavy (non-hydrogen) atoms. The lowest BCUT2D eigenvalue weighted by atomic mass is 9.94. The minimum absolute atomic E-state index is 0.683. The second kappa shape index (κ2) is 4.99. The zero-order valence-electron chi connectivity index (χ0n) is 12.3. The number of hydrogen-bond donors (Lipinski definition) is 0. The number of rotatable bonds is 1. The first-order valence-electron chi connectivity index (χ1n) is 6.80. The van der Waals surface area contributed by atoms with Crippen molar-refractivity contribution in [3.05, 3.63) is 53.7 Å². The number of allylic oxidation sites excluding steroid dienone is 2. The van der Waals surface area contributed by atoms with Gasteiger partial charge >= 0.3 is 0 Å². The maximum atomic E-state index is 9.62. The zero-order valence-corrected chi connectivity index (χ0v) is 12.3. The molecule has 1 heterocycles. The van der Waals surface area contributed by atoms with Crippen molar-refractivity contribution in [1.29, 1.82) is 5.26 Å². The van der Waals surface area contributed by atoms with E-state index in [1.807, 2.05) is 44.3 Å². The first kappa shape index (κ1) is 13.3. The number of para-hydroxylation sites is 1. The minimum atomic E-state index is 0.683. The summed E-state index contributed by atoms with van der Waals surface area (Å²) in [6.07, 6.45) is 0. The fourth-order valence-corrected chi connectivity index (χ4v) is 2.77. The third kappa shape index (κ3) is 1.96. The molecule has 3 nitrogen and oxygen atoms in total. The van der Waals surface area contributed by atoms with E-state index in [9.17, 15) is 5.26 Å². The second-order valence-corrected chi connectivity index (χ2v) is 5.06. The largest absolute Gasteiger partial charge is 0.497 e. The molecule has 0 amide bonds. The Kier molecular flexibility index (Phi) is 3.15. The summed E-state index contributed by atoms with van der Waals surface area (Å²) >= 11 is 0. The predicted octanol–water partition coefficient (Wildman–Crippen LogP) is 4.07. The third-order valence-electron chi connectivity index (χ3n) is 4.03. The quantitative estimate of drug-likeness (QED) is 0.787. The molecule has 0 fully saturated rings. The lowest BCUT2D eigenvalue weighted by molar-refractivity contribution is 0.415. The Labute approximate surface area is 124 Å². The van der Waals surface area contributed by atoms with E-state index >= 15 is 0 Å². The number of benzene rings is 2. The number of anilines is 1. The lowest BCUT2D eigenvalue weighted by Gasteiger charge is -2.21. The molecule has 0 atom stereocenters. The van der Waals surface area contributed by atoms with E-state index in [1.54, 1.807) is 7.11 Å². The van der Waals surface area contributed by atoms with Crippen LogP contribution in [-0.2, 0) is 0 Å². The van der Waals surface area contributed by atoms with Crippen LogP contribution in [0.5, 0.6) is 5.75 Å². The average molecular weight is 276 g/mol. The number of nitrogens with zero attached hydrogens (tertiary/aromatic N) is 2. The summed E-state index contributed by atoms with van der Waals surface area (Å²) in [5.74, 6) is 0.760. The fraction of sp³-hybridized carbons (Fsp3) is 0.167. The van der Waals surface area contributed by atoms with Crippen LogP contribution in [-0.4, -0.2) is 14.2 Å². The van der Waals surface area contributed by atoms with E-state index in [1.165, 1.54) is 0 Å². The van der Waals surface area contributed by atoms with Gasteiger partial charge in [0.2, 0.25) is 0 Å². The van der Waals surface area contributed by atoms with Crippen molar-refractivity contribution in [2.24, 2.45) is 0 Å². The van der Waals surface area contributed by atoms with E-state index in [4.69, 9.17) is 4.74 Å². The van der Waals surface area contributed by atoms with E-state index in [-0.39, 0.29) is 0 Å². The van der Waals surface area contributed by atoms with Crippen LogP contribution in [0, 0.1) is 11.3 Å². The smallest absolute Gasteiger partial charge is 0.119 e. The van der Waals surface area contributed by atoms with Crippen molar-refractivity contribution in [2.75, 3.05) is 19.1 Å². The van der Waals surface area contributed by atoms with Gasteiger partial charge in [0.15, 0.2) is 0 Å². The molecule has 3 heteroatoms. The highest BCUT2D eigenvalue weighted by atomic mass is 16.5. The van der Waals surface area contributed by atoms with E-state index < -0.39 is 0 Å². The van der Waals surface area contributed by atoms with Crippen molar-refractivity contribution in [2.45, 2.75) is 6.92 Å². The van der Waals surface area contributed by atoms with Crippen molar-refractivity contribution in [3.63, 3.8) is 0 Å². The molecule has 1 aliphatic rings. The van der Waals surface area contributed by atoms with Gasteiger partial charge < -0.3 is 9.64 Å². The molecule has 0 N–H and O–H groups in total. The summed E-state index contributed by atoms with van der Waals surface area (Å²) in [6, 6.07) is 16.4. The second-order valence-electron chi connectivity index (χ2n) is 5.06. The van der Waals surface area contributed by atoms with Crippen molar-refractivity contribution in [1.82, 2.24) is 0 Å². The fourth-order valence-electron chi connectivity index (χ4n) is 2.77. The molecular weight excluding hydrogens is 260 g/mol. The van der Waals surface area contributed by atoms with Gasteiger partial charge in [-0.2, -0.15) is 5.26 Å². The van der Waals surface area contributed by atoms with Gasteiger partial charge in [0.25, 0.3) is 0 Å². The Bertz CT molecular complexity index is 784. The van der Waals surface area contributed by atoms with Crippen LogP contribution >= 0.6 is 0 Å². The molecule has 0 spiro atoms. The summed E-state index contributed by atoms with van der Waals surface area (Å²) in [4.78, 5) is 2.07. The number of nitriles is 1. The Morgan fingerprint density at radius 3 is 2.52 bits per heavy atom. The van der Waals surface area contributed by atoms with E-state index in [2.05, 4.69) is 23.1 Å². The van der Waals surface area contributed by atoms with E-state index in [0.717, 1.165) is 33.8 Å². The summed E-state index contributed by atoms with van der Waals surface area (Å²) in [7, 11) is 3.63. The van der Waals surface area contributed by atoms with Crippen LogP contribution in [0.1, 0.15) is 12.5 Å². The van der Waals surface area contributed by atoms with Gasteiger partial charge in [-0.1, -0.05) is 18.2 Å². The molecule has 0 bridgehead atoms. The molecule has 1 aliphatic heterocycles. The Balaban J connectivity index is 2.41. The van der Waals surface area contributed by atoms with Gasteiger partial charge in [0.05, 0.1) is 12.7 Å². The standard InChI is InChI=1S/C18H16N2O/c1-12-17(11-19)16-10-13(21-3)8-9-14(16)15-6-4-5-7-18(15)20(12)2/h4-10H,1-3H3. The molecule has 0 unspecified atom stereocenters. The number of ether oxygens (including phenoxy) is 1. The molecule has 0 saturated carbocycles. The van der Waals surface area contributed by atoms with Crippen LogP contribution in [0.15, 0.2) is 48.2 Å². The lowest BCUT2D eigenvalue weighted by Crippen LogP contribution is -2.15. The maximum absolute atomic E-state index is 9.62. The number of hydrogen-bond acceptors (Lipinski definition) is 3. The highest BCUT2D eigenvalue weighted by Crippen LogP contribution is 2.42. The highest BCUT2D eigenvalue weighted by molar-refractivity contribution is 5.96. The Morgan fingerprint density at radius 1 is 1.05 bits per heavy atom. The maximum Gasteiger partial charge on any atom is 0.119 e. The van der Waals surface area contributed by atoms with Gasteiger partial charge in [-0.3, -0.25) is 0 Å². The molecule has 0 aromatic heterocycles. The summed E-state index contributed by atoms with van der Waals surface area (Å²) in [5.41, 5.74) is 5.84. The molecule has 0 aliphatic carbocycles. The first-order chi connectivity index (χ1) is 10.2. The normalized spacial score (nSPS) is 13.1. The van der Waals surface area contributed by atoms with Crippen LogP contribution in [0.4, 0.5) is 5.69 Å². The molecule has 3 rings (SSSR count). The molecular formula is C18H16N2O. The molecule has 2 aromatic carbocycles. The van der Waals surface area contributed by atoms with Gasteiger partial charge in [-0.15, -0.1) is 0 Å². The van der Waals surface area contributed by atoms with Crippen molar-refractivity contribution >= 4 is 11.3 Å². The van der Waals surface area contributed by atoms with Crippen LogP contribution in [0.2, 0.25) is 0 Å². The Morgan fingerprint density at radius 2 is 1.81 bits per heavy atom. The topological polar surface area (TPSA) is 36.3 Å². The number of methoxy groups -OCH3 is 1. The minimum Gasteiger partial charge on any atom is -0.497 e. The van der Waals surface area contributed by atoms with Crippen LogP contribution in [0.3, 0.4) is 0 Å². The molecule has 2 aromatic rings. The zero-order chi connectivity index (χ0) is 15.0. The monoisotopic (exact) mass is 276 g/mol. The van der Waals surface area contributed by atoms with Crippen molar-refractivity contribution < 1.29 is 4.74 Å². The van der Waals surface area contributed by atoms with Crippen molar-refractivity contribution in [3.8, 4) is 22.9 Å². The molecule has 104 valence electrons. The summed E-state index contributed by atoms with van der Waals surface area (Å²) in [6.45, 7) is 1.98. The average Bonchev–Trinajstić information content (AvgIpc) is 2.62. The van der Waals surface area contributed by atoms with Gasteiger partial charge in [-0.05, 0) is 36.8 Å². The molecule has 0 radical (unpaired) electrons. The number of fused-ring (bicyclic) bond motifs is 3. The van der Waals surface area contributed by atoms with Gasteiger partial charge in [0.1, 0.15) is 11.8 Å². The van der Waals surface area contributed by atoms with Crippen LogP contribution < -0.4 is 9.64 Å². The third-order valence-corrected chi connectivity index (χ3v) is 4.03. The summed E-state index contributed by atoms with van der Waals surface area (Å²) in [5, 5.41) is 9.62. The van der Waals surface area contributed by atoms with E-state index in [0.29, 0.717) is 5.57 Å².